The second-order valence-corrected chi connectivity index (χ2v) is 12.0. The number of anilines is 2. The highest BCUT2D eigenvalue weighted by molar-refractivity contribution is 7.92. The van der Waals surface area contributed by atoms with Crippen LogP contribution >= 0.6 is 0 Å². The molecule has 222 valence electrons. The molecule has 0 unspecified atom stereocenters. The fourth-order valence-electron chi connectivity index (χ4n) is 4.68. The van der Waals surface area contributed by atoms with E-state index in [-0.39, 0.29) is 29.9 Å². The molecule has 1 atom stereocenters. The molecule has 0 aromatic heterocycles. The summed E-state index contributed by atoms with van der Waals surface area (Å²) in [7, 11) is -3.82. The van der Waals surface area contributed by atoms with Gasteiger partial charge < -0.3 is 19.7 Å². The van der Waals surface area contributed by atoms with Gasteiger partial charge >= 0.3 is 0 Å². The molecule has 0 fully saturated rings. The van der Waals surface area contributed by atoms with Crippen LogP contribution in [0, 0.1) is 13.8 Å². The molecule has 9 nitrogen and oxygen atoms in total. The van der Waals surface area contributed by atoms with E-state index in [0.29, 0.717) is 35.8 Å². The first kappa shape index (κ1) is 29.7. The van der Waals surface area contributed by atoms with Crippen LogP contribution in [0.25, 0.3) is 0 Å². The molecule has 0 saturated carbocycles. The third-order valence-electron chi connectivity index (χ3n) is 7.06. The van der Waals surface area contributed by atoms with Crippen molar-refractivity contribution in [1.82, 2.24) is 5.32 Å². The number of fused-ring (bicyclic) bond motifs is 1. The second-order valence-electron chi connectivity index (χ2n) is 10.3. The predicted molar refractivity (Wildman–Crippen MR) is 165 cm³/mol. The van der Waals surface area contributed by atoms with Gasteiger partial charge in [0.05, 0.1) is 22.8 Å². The Bertz CT molecular complexity index is 1710. The van der Waals surface area contributed by atoms with Crippen molar-refractivity contribution >= 4 is 33.2 Å². The van der Waals surface area contributed by atoms with Crippen LogP contribution in [0.5, 0.6) is 11.5 Å². The van der Waals surface area contributed by atoms with Gasteiger partial charge in [0, 0.05) is 6.54 Å². The van der Waals surface area contributed by atoms with Crippen molar-refractivity contribution in [3.8, 4) is 11.5 Å². The molecule has 0 saturated heterocycles. The summed E-state index contributed by atoms with van der Waals surface area (Å²) in [5.41, 5.74) is 3.91. The standard InChI is InChI=1S/C33H33N3O6S/c1-23-12-13-24(2)28(20-23)35-43(39,40)27-16-14-26(15-17-27)41-22-32(37)36-21-31(42-30-11-7-6-10-29(30)36)33(38)34-19-18-25-8-4-3-5-9-25/h3-17,20,31,35H,18-19,21-22H2,1-2H3,(H,34,38)/t31-/m1/s1. The molecule has 43 heavy (non-hydrogen) atoms. The third-order valence-corrected chi connectivity index (χ3v) is 8.44. The molecular weight excluding hydrogens is 566 g/mol. The van der Waals surface area contributed by atoms with E-state index in [1.165, 1.54) is 29.2 Å². The topological polar surface area (TPSA) is 114 Å². The van der Waals surface area contributed by atoms with Crippen molar-refractivity contribution in [2.75, 3.05) is 29.3 Å². The maximum absolute atomic E-state index is 13.3. The monoisotopic (exact) mass is 599 g/mol. The number of carbonyl (C=O) groups excluding carboxylic acids is 2. The van der Waals surface area contributed by atoms with Gasteiger partial charge in [-0.3, -0.25) is 14.3 Å². The number of hydrogen-bond donors (Lipinski definition) is 2. The molecular formula is C33H33N3O6S. The average molecular weight is 600 g/mol. The molecule has 0 radical (unpaired) electrons. The van der Waals surface area contributed by atoms with Crippen LogP contribution in [0.2, 0.25) is 0 Å². The Kier molecular flexibility index (Phi) is 8.96. The first-order valence-corrected chi connectivity index (χ1v) is 15.4. The number of aryl methyl sites for hydroxylation is 2. The summed E-state index contributed by atoms with van der Waals surface area (Å²) in [6.07, 6.45) is -0.211. The first-order valence-electron chi connectivity index (χ1n) is 13.9. The van der Waals surface area contributed by atoms with Gasteiger partial charge in [0.1, 0.15) is 11.5 Å². The third kappa shape index (κ3) is 7.34. The summed E-state index contributed by atoms with van der Waals surface area (Å²) < 4.78 is 40.1. The number of ether oxygens (including phenoxy) is 2. The van der Waals surface area contributed by atoms with Crippen LogP contribution in [0.4, 0.5) is 11.4 Å². The molecule has 2 N–H and O–H groups in total. The summed E-state index contributed by atoms with van der Waals surface area (Å²) in [4.78, 5) is 27.8. The van der Waals surface area contributed by atoms with E-state index in [9.17, 15) is 18.0 Å². The van der Waals surface area contributed by atoms with Gasteiger partial charge in [-0.1, -0.05) is 54.6 Å². The van der Waals surface area contributed by atoms with E-state index in [1.54, 1.807) is 30.3 Å². The van der Waals surface area contributed by atoms with Gasteiger partial charge in [0.2, 0.25) is 0 Å². The number of rotatable bonds is 10. The van der Waals surface area contributed by atoms with Gasteiger partial charge in [-0.25, -0.2) is 8.42 Å². The Balaban J connectivity index is 1.20. The number of hydrogen-bond acceptors (Lipinski definition) is 6. The molecule has 2 amide bonds. The van der Waals surface area contributed by atoms with Crippen molar-refractivity contribution in [1.29, 1.82) is 0 Å². The largest absolute Gasteiger partial charge is 0.484 e. The fourth-order valence-corrected chi connectivity index (χ4v) is 5.80. The zero-order valence-electron chi connectivity index (χ0n) is 23.9. The number of carbonyl (C=O) groups is 2. The van der Waals surface area contributed by atoms with E-state index in [4.69, 9.17) is 9.47 Å². The van der Waals surface area contributed by atoms with E-state index in [1.807, 2.05) is 56.3 Å². The summed E-state index contributed by atoms with van der Waals surface area (Å²) in [6.45, 7) is 3.87. The van der Waals surface area contributed by atoms with Crippen molar-refractivity contribution < 1.29 is 27.5 Å². The van der Waals surface area contributed by atoms with Crippen molar-refractivity contribution in [3.63, 3.8) is 0 Å². The van der Waals surface area contributed by atoms with E-state index in [0.717, 1.165) is 16.7 Å². The minimum atomic E-state index is -3.82. The lowest BCUT2D eigenvalue weighted by atomic mass is 10.1. The maximum Gasteiger partial charge on any atom is 0.265 e. The lowest BCUT2D eigenvalue weighted by Gasteiger charge is -2.34. The fraction of sp³-hybridized carbons (Fsp3) is 0.212. The van der Waals surface area contributed by atoms with E-state index >= 15 is 0 Å². The number of nitrogens with one attached hydrogen (secondary N) is 2. The second kappa shape index (κ2) is 13.0. The van der Waals surface area contributed by atoms with Crippen LogP contribution < -0.4 is 24.4 Å². The van der Waals surface area contributed by atoms with Crippen molar-refractivity contribution in [3.05, 3.63) is 114 Å². The molecule has 1 aliphatic rings. The number of amides is 2. The number of benzene rings is 4. The molecule has 1 aliphatic heterocycles. The zero-order chi connectivity index (χ0) is 30.4. The molecule has 0 spiro atoms. The van der Waals surface area contributed by atoms with Gasteiger partial charge in [0.15, 0.2) is 12.7 Å². The minimum absolute atomic E-state index is 0.0254. The van der Waals surface area contributed by atoms with Crippen LogP contribution in [-0.2, 0) is 26.0 Å². The smallest absolute Gasteiger partial charge is 0.265 e. The Morgan fingerprint density at radius 3 is 2.42 bits per heavy atom. The first-order chi connectivity index (χ1) is 20.7. The summed E-state index contributed by atoms with van der Waals surface area (Å²) in [5.74, 6) is 0.0774. The van der Waals surface area contributed by atoms with Crippen LogP contribution in [0.15, 0.2) is 102 Å². The Hall–Kier alpha value is -4.83. The Labute approximate surface area is 251 Å². The van der Waals surface area contributed by atoms with E-state index < -0.39 is 16.1 Å². The Morgan fingerprint density at radius 2 is 1.65 bits per heavy atom. The van der Waals surface area contributed by atoms with Crippen LogP contribution in [0.3, 0.4) is 0 Å². The normalized spacial score (nSPS) is 14.3. The highest BCUT2D eigenvalue weighted by Crippen LogP contribution is 2.33. The average Bonchev–Trinajstić information content (AvgIpc) is 3.01. The highest BCUT2D eigenvalue weighted by Gasteiger charge is 2.33. The number of para-hydroxylation sites is 2. The predicted octanol–water partition coefficient (Wildman–Crippen LogP) is 4.64. The molecule has 5 rings (SSSR count). The van der Waals surface area contributed by atoms with Crippen molar-refractivity contribution in [2.45, 2.75) is 31.3 Å². The maximum atomic E-state index is 13.3. The highest BCUT2D eigenvalue weighted by atomic mass is 32.2. The number of sulfonamides is 1. The SMILES string of the molecule is Cc1ccc(C)c(NS(=O)(=O)c2ccc(OCC(=O)N3C[C@H](C(=O)NCCc4ccccc4)Oc4ccccc43)cc2)c1. The Morgan fingerprint density at radius 1 is 0.930 bits per heavy atom. The number of nitrogens with zero attached hydrogens (tertiary/aromatic N) is 1. The summed E-state index contributed by atoms with van der Waals surface area (Å²) in [5, 5.41) is 2.90. The molecule has 4 aromatic carbocycles. The lowest BCUT2D eigenvalue weighted by molar-refractivity contribution is -0.128. The molecule has 0 aliphatic carbocycles. The minimum Gasteiger partial charge on any atom is -0.484 e. The molecule has 1 heterocycles. The molecule has 10 heteroatoms. The molecule has 4 aromatic rings. The lowest BCUT2D eigenvalue weighted by Crippen LogP contribution is -2.52. The van der Waals surface area contributed by atoms with Crippen molar-refractivity contribution in [2.24, 2.45) is 0 Å². The molecule has 0 bridgehead atoms. The quantitative estimate of drug-likeness (QED) is 0.275. The summed E-state index contributed by atoms with van der Waals surface area (Å²) >= 11 is 0. The van der Waals surface area contributed by atoms with Crippen LogP contribution in [-0.4, -0.2) is 46.0 Å². The summed E-state index contributed by atoms with van der Waals surface area (Å²) in [6, 6.07) is 28.3. The van der Waals surface area contributed by atoms with Gasteiger partial charge in [0.25, 0.3) is 21.8 Å². The van der Waals surface area contributed by atoms with Gasteiger partial charge in [-0.2, -0.15) is 0 Å². The zero-order valence-corrected chi connectivity index (χ0v) is 24.8. The van der Waals surface area contributed by atoms with E-state index in [2.05, 4.69) is 10.0 Å². The van der Waals surface area contributed by atoms with Gasteiger partial charge in [-0.15, -0.1) is 0 Å². The van der Waals surface area contributed by atoms with Gasteiger partial charge in [-0.05, 0) is 79.4 Å². The van der Waals surface area contributed by atoms with Crippen LogP contribution in [0.1, 0.15) is 16.7 Å².